The third-order valence-electron chi connectivity index (χ3n) is 4.35. The van der Waals surface area contributed by atoms with Crippen LogP contribution >= 0.6 is 0 Å². The number of aromatic nitrogens is 2. The zero-order chi connectivity index (χ0) is 20.6. The van der Waals surface area contributed by atoms with Crippen molar-refractivity contribution >= 4 is 11.7 Å². The van der Waals surface area contributed by atoms with E-state index in [2.05, 4.69) is 22.6 Å². The van der Waals surface area contributed by atoms with Gasteiger partial charge >= 0.3 is 0 Å². The van der Waals surface area contributed by atoms with E-state index in [-0.39, 0.29) is 11.7 Å². The largest absolute Gasteiger partial charge is 0.494 e. The zero-order valence-electron chi connectivity index (χ0n) is 16.9. The molecular weight excluding hydrogens is 370 g/mol. The van der Waals surface area contributed by atoms with Gasteiger partial charge in [-0.05, 0) is 78.6 Å². The topological polar surface area (TPSA) is 86.5 Å². The molecule has 0 radical (unpaired) electrons. The Labute approximate surface area is 170 Å². The first kappa shape index (κ1) is 20.4. The van der Waals surface area contributed by atoms with Gasteiger partial charge in [0.1, 0.15) is 11.5 Å². The first-order valence-electron chi connectivity index (χ1n) is 9.73. The van der Waals surface area contributed by atoms with E-state index in [4.69, 9.17) is 14.1 Å². The van der Waals surface area contributed by atoms with Gasteiger partial charge in [-0.25, -0.2) is 4.63 Å². The number of nitrogens with one attached hydrogen (secondary N) is 1. The summed E-state index contributed by atoms with van der Waals surface area (Å²) in [5, 5.41) is 10.5. The van der Waals surface area contributed by atoms with Gasteiger partial charge in [0.25, 0.3) is 5.91 Å². The summed E-state index contributed by atoms with van der Waals surface area (Å²) < 4.78 is 16.0. The van der Waals surface area contributed by atoms with Gasteiger partial charge < -0.3 is 14.8 Å². The van der Waals surface area contributed by atoms with E-state index in [1.165, 1.54) is 0 Å². The fourth-order valence-electron chi connectivity index (χ4n) is 2.79. The number of anilines is 1. The number of carbonyl (C=O) groups is 1. The van der Waals surface area contributed by atoms with Crippen molar-refractivity contribution in [1.82, 2.24) is 10.3 Å². The lowest BCUT2D eigenvalue weighted by Crippen LogP contribution is -2.12. The highest BCUT2D eigenvalue weighted by Gasteiger charge is 2.17. The van der Waals surface area contributed by atoms with Crippen LogP contribution in [0.25, 0.3) is 11.3 Å². The quantitative estimate of drug-likeness (QED) is 0.520. The Morgan fingerprint density at radius 3 is 2.55 bits per heavy atom. The highest BCUT2D eigenvalue weighted by Crippen LogP contribution is 2.29. The third-order valence-corrected chi connectivity index (χ3v) is 4.35. The Balaban J connectivity index is 1.71. The number of rotatable bonds is 9. The van der Waals surface area contributed by atoms with Crippen molar-refractivity contribution in [3.05, 3.63) is 53.6 Å². The maximum absolute atomic E-state index is 12.6. The molecule has 7 nitrogen and oxygen atoms in total. The summed E-state index contributed by atoms with van der Waals surface area (Å²) in [6.45, 7) is 7.25. The molecule has 2 aromatic carbocycles. The molecule has 0 bridgehead atoms. The Morgan fingerprint density at radius 1 is 1.07 bits per heavy atom. The molecule has 1 aromatic heterocycles. The summed E-state index contributed by atoms with van der Waals surface area (Å²) in [4.78, 5) is 12.6. The van der Waals surface area contributed by atoms with Crippen LogP contribution in [0.3, 0.4) is 0 Å². The second-order valence-electron chi connectivity index (χ2n) is 6.56. The molecule has 1 heterocycles. The van der Waals surface area contributed by atoms with E-state index in [0.29, 0.717) is 24.5 Å². The first-order chi connectivity index (χ1) is 14.1. The number of aryl methyl sites for hydroxylation is 1. The highest BCUT2D eigenvalue weighted by atomic mass is 16.6. The minimum absolute atomic E-state index is 0.266. The second-order valence-corrected chi connectivity index (χ2v) is 6.56. The number of hydrogen-bond acceptors (Lipinski definition) is 6. The van der Waals surface area contributed by atoms with Crippen LogP contribution < -0.4 is 14.8 Å². The average Bonchev–Trinajstić information content (AvgIpc) is 3.18. The van der Waals surface area contributed by atoms with Crippen LogP contribution in [-0.4, -0.2) is 29.4 Å². The van der Waals surface area contributed by atoms with Gasteiger partial charge in [0.05, 0.1) is 13.2 Å². The highest BCUT2D eigenvalue weighted by molar-refractivity contribution is 6.05. The summed E-state index contributed by atoms with van der Waals surface area (Å²) in [5.74, 6) is 1.51. The van der Waals surface area contributed by atoms with Crippen molar-refractivity contribution in [1.29, 1.82) is 0 Å². The van der Waals surface area contributed by atoms with Crippen LogP contribution in [0.15, 0.2) is 47.1 Å². The number of nitrogens with zero attached hydrogens (tertiary/aromatic N) is 2. The van der Waals surface area contributed by atoms with Crippen LogP contribution in [0.4, 0.5) is 5.82 Å². The summed E-state index contributed by atoms with van der Waals surface area (Å²) in [7, 11) is 0. The average molecular weight is 395 g/mol. The van der Waals surface area contributed by atoms with E-state index in [0.717, 1.165) is 35.5 Å². The normalized spacial score (nSPS) is 10.6. The molecule has 29 heavy (non-hydrogen) atoms. The van der Waals surface area contributed by atoms with Crippen molar-refractivity contribution < 1.29 is 18.9 Å². The second kappa shape index (κ2) is 9.73. The number of amides is 1. The molecule has 0 saturated carbocycles. The molecule has 0 aliphatic heterocycles. The number of ether oxygens (including phenoxy) is 2. The summed E-state index contributed by atoms with van der Waals surface area (Å²) in [6, 6.07) is 12.6. The van der Waals surface area contributed by atoms with E-state index < -0.39 is 0 Å². The molecule has 7 heteroatoms. The molecule has 0 fully saturated rings. The molecule has 3 aromatic rings. The van der Waals surface area contributed by atoms with Crippen LogP contribution in [-0.2, 0) is 0 Å². The Kier molecular flexibility index (Phi) is 6.84. The zero-order valence-corrected chi connectivity index (χ0v) is 16.9. The Bertz CT molecular complexity index is 951. The first-order valence-corrected chi connectivity index (χ1v) is 9.73. The molecule has 0 spiro atoms. The number of unbranched alkanes of at least 4 members (excludes halogenated alkanes) is 1. The van der Waals surface area contributed by atoms with E-state index >= 15 is 0 Å². The van der Waals surface area contributed by atoms with Gasteiger partial charge in [0.15, 0.2) is 5.69 Å². The smallest absolute Gasteiger partial charge is 0.256 e. The van der Waals surface area contributed by atoms with Gasteiger partial charge in [-0.2, -0.15) is 0 Å². The molecule has 0 unspecified atom stereocenters. The van der Waals surface area contributed by atoms with Gasteiger partial charge in [-0.3, -0.25) is 4.79 Å². The number of hydrogen-bond donors (Lipinski definition) is 1. The van der Waals surface area contributed by atoms with Gasteiger partial charge in [0.2, 0.25) is 5.82 Å². The van der Waals surface area contributed by atoms with Gasteiger partial charge in [-0.1, -0.05) is 13.3 Å². The van der Waals surface area contributed by atoms with Gasteiger partial charge in [0, 0.05) is 11.1 Å². The summed E-state index contributed by atoms with van der Waals surface area (Å²) in [5.41, 5.74) is 2.69. The van der Waals surface area contributed by atoms with Crippen LogP contribution in [0.1, 0.15) is 42.6 Å². The minimum atomic E-state index is -0.301. The predicted octanol–water partition coefficient (Wildman–Crippen LogP) is 4.87. The SMILES string of the molecule is CCCCOc1ccc(C(=O)Nc2nonc2-c2ccc(OCC)c(C)c2)cc1. The molecule has 0 aliphatic carbocycles. The third kappa shape index (κ3) is 5.13. The molecular formula is C22H25N3O4. The van der Waals surface area contributed by atoms with Crippen LogP contribution in [0.5, 0.6) is 11.5 Å². The maximum Gasteiger partial charge on any atom is 0.256 e. The van der Waals surface area contributed by atoms with Crippen molar-refractivity contribution in [2.75, 3.05) is 18.5 Å². The minimum Gasteiger partial charge on any atom is -0.494 e. The molecule has 1 amide bonds. The molecule has 1 N–H and O–H groups in total. The lowest BCUT2D eigenvalue weighted by Gasteiger charge is -2.09. The molecule has 0 saturated heterocycles. The molecule has 152 valence electrons. The van der Waals surface area contributed by atoms with Crippen molar-refractivity contribution in [2.45, 2.75) is 33.6 Å². The van der Waals surface area contributed by atoms with E-state index in [1.54, 1.807) is 24.3 Å². The molecule has 0 aliphatic rings. The van der Waals surface area contributed by atoms with Crippen molar-refractivity contribution in [3.63, 3.8) is 0 Å². The number of carbonyl (C=O) groups excluding carboxylic acids is 1. The molecule has 0 atom stereocenters. The maximum atomic E-state index is 12.6. The van der Waals surface area contributed by atoms with Crippen molar-refractivity contribution in [3.8, 4) is 22.8 Å². The van der Waals surface area contributed by atoms with Crippen LogP contribution in [0.2, 0.25) is 0 Å². The van der Waals surface area contributed by atoms with Crippen LogP contribution in [0, 0.1) is 6.92 Å². The fourth-order valence-corrected chi connectivity index (χ4v) is 2.79. The predicted molar refractivity (Wildman–Crippen MR) is 110 cm³/mol. The van der Waals surface area contributed by atoms with Gasteiger partial charge in [-0.15, -0.1) is 0 Å². The molecule has 3 rings (SSSR count). The Hall–Kier alpha value is -3.35. The summed E-state index contributed by atoms with van der Waals surface area (Å²) in [6.07, 6.45) is 2.07. The Morgan fingerprint density at radius 2 is 1.86 bits per heavy atom. The number of benzene rings is 2. The van der Waals surface area contributed by atoms with Crippen molar-refractivity contribution in [2.24, 2.45) is 0 Å². The summed E-state index contributed by atoms with van der Waals surface area (Å²) >= 11 is 0. The fraction of sp³-hybridized carbons (Fsp3) is 0.318. The van der Waals surface area contributed by atoms with E-state index in [1.807, 2.05) is 32.0 Å². The van der Waals surface area contributed by atoms with E-state index in [9.17, 15) is 4.79 Å². The monoisotopic (exact) mass is 395 g/mol. The standard InChI is InChI=1S/C22H25N3O4/c1-4-6-13-28-18-10-7-16(8-11-18)22(26)23-21-20(24-29-25-21)17-9-12-19(27-5-2)15(3)14-17/h7-12,14H,4-6,13H2,1-3H3,(H,23,25,26). The lowest BCUT2D eigenvalue weighted by atomic mass is 10.1. The lowest BCUT2D eigenvalue weighted by molar-refractivity contribution is 0.102.